The first kappa shape index (κ1) is 14.3. The fourth-order valence-electron chi connectivity index (χ4n) is 3.24. The first-order valence-corrected chi connectivity index (χ1v) is 7.83. The van der Waals surface area contributed by atoms with E-state index in [-0.39, 0.29) is 0 Å². The van der Waals surface area contributed by atoms with E-state index in [4.69, 9.17) is 4.63 Å². The molecule has 1 aliphatic rings. The number of piperidine rings is 1. The van der Waals surface area contributed by atoms with Crippen molar-refractivity contribution in [2.75, 3.05) is 13.1 Å². The number of aliphatic hydroxyl groups is 1. The zero-order valence-electron chi connectivity index (χ0n) is 12.8. The number of fused-ring (bicyclic) bond motifs is 1. The van der Waals surface area contributed by atoms with Crippen LogP contribution in [0.2, 0.25) is 0 Å². The molecule has 0 atom stereocenters. The number of hydrogen-bond acceptors (Lipinski definition) is 6. The lowest BCUT2D eigenvalue weighted by molar-refractivity contribution is -0.0357. The van der Waals surface area contributed by atoms with Gasteiger partial charge in [-0.2, -0.15) is 0 Å². The summed E-state index contributed by atoms with van der Waals surface area (Å²) in [5.74, 6) is 0. The lowest BCUT2D eigenvalue weighted by Crippen LogP contribution is -2.46. The van der Waals surface area contributed by atoms with Gasteiger partial charge in [-0.3, -0.25) is 4.90 Å². The van der Waals surface area contributed by atoms with Crippen molar-refractivity contribution in [2.24, 2.45) is 0 Å². The molecule has 0 amide bonds. The largest absolute Gasteiger partial charge is 0.388 e. The van der Waals surface area contributed by atoms with Crippen molar-refractivity contribution in [3.8, 4) is 0 Å². The summed E-state index contributed by atoms with van der Waals surface area (Å²) in [6.45, 7) is 3.11. The van der Waals surface area contributed by atoms with Crippen LogP contribution in [-0.2, 0) is 13.1 Å². The molecule has 7 heteroatoms. The van der Waals surface area contributed by atoms with Crippen LogP contribution in [-0.4, -0.2) is 48.6 Å². The van der Waals surface area contributed by atoms with E-state index in [1.807, 2.05) is 22.9 Å². The molecule has 3 heterocycles. The third-order valence-electron chi connectivity index (χ3n) is 4.59. The Morgan fingerprint density at radius 1 is 1.22 bits per heavy atom. The monoisotopic (exact) mass is 313 g/mol. The van der Waals surface area contributed by atoms with Gasteiger partial charge in [0.2, 0.25) is 0 Å². The summed E-state index contributed by atoms with van der Waals surface area (Å²) in [4.78, 5) is 6.37. The van der Waals surface area contributed by atoms with Crippen LogP contribution < -0.4 is 0 Å². The Balaban J connectivity index is 1.41. The summed E-state index contributed by atoms with van der Waals surface area (Å²) >= 11 is 0. The van der Waals surface area contributed by atoms with Crippen LogP contribution in [0.5, 0.6) is 0 Å². The summed E-state index contributed by atoms with van der Waals surface area (Å²) in [6.07, 6.45) is 6.88. The van der Waals surface area contributed by atoms with E-state index in [2.05, 4.69) is 26.3 Å². The van der Waals surface area contributed by atoms with Gasteiger partial charge in [0.25, 0.3) is 0 Å². The molecule has 0 saturated carbocycles. The smallest absolute Gasteiger partial charge is 0.139 e. The molecule has 1 aromatic carbocycles. The van der Waals surface area contributed by atoms with E-state index in [0.717, 1.165) is 49.1 Å². The van der Waals surface area contributed by atoms with Crippen molar-refractivity contribution < 1.29 is 9.74 Å². The van der Waals surface area contributed by atoms with Gasteiger partial charge in [0.05, 0.1) is 18.5 Å². The van der Waals surface area contributed by atoms with Crippen molar-refractivity contribution >= 4 is 11.0 Å². The molecule has 0 unspecified atom stereocenters. The van der Waals surface area contributed by atoms with E-state index in [9.17, 15) is 5.11 Å². The van der Waals surface area contributed by atoms with Gasteiger partial charge in [-0.15, -0.1) is 0 Å². The van der Waals surface area contributed by atoms with Crippen molar-refractivity contribution in [1.82, 2.24) is 24.8 Å². The maximum Gasteiger partial charge on any atom is 0.139 e. The number of imidazole rings is 1. The second-order valence-corrected chi connectivity index (χ2v) is 6.28. The van der Waals surface area contributed by atoms with E-state index in [1.54, 1.807) is 12.5 Å². The van der Waals surface area contributed by atoms with Crippen LogP contribution in [0.25, 0.3) is 11.0 Å². The Bertz CT molecular complexity index is 775. The van der Waals surface area contributed by atoms with Crippen molar-refractivity contribution in [3.05, 3.63) is 42.5 Å². The van der Waals surface area contributed by atoms with Crippen molar-refractivity contribution in [1.29, 1.82) is 0 Å². The molecule has 1 fully saturated rings. The molecule has 1 saturated heterocycles. The van der Waals surface area contributed by atoms with Gasteiger partial charge in [-0.05, 0) is 34.8 Å². The highest BCUT2D eigenvalue weighted by molar-refractivity contribution is 5.76. The Morgan fingerprint density at radius 3 is 2.87 bits per heavy atom. The fourth-order valence-corrected chi connectivity index (χ4v) is 3.24. The molecular formula is C16H19N5O2. The highest BCUT2D eigenvalue weighted by Crippen LogP contribution is 2.26. The minimum absolute atomic E-state index is 0.601. The van der Waals surface area contributed by atoms with Crippen LogP contribution in [0.15, 0.2) is 41.5 Å². The van der Waals surface area contributed by atoms with Crippen LogP contribution in [0.1, 0.15) is 18.4 Å². The normalized spacial score (nSPS) is 18.5. The fraction of sp³-hybridized carbons (Fsp3) is 0.438. The minimum atomic E-state index is -0.654. The van der Waals surface area contributed by atoms with Gasteiger partial charge in [-0.25, -0.2) is 9.61 Å². The highest BCUT2D eigenvalue weighted by Gasteiger charge is 2.32. The number of nitrogens with zero attached hydrogens (tertiary/aromatic N) is 5. The third kappa shape index (κ3) is 2.97. The SMILES string of the molecule is OC1(Cn2ccnc2)CCN(Cc2cccc3nonc23)CC1. The quantitative estimate of drug-likeness (QED) is 0.785. The van der Waals surface area contributed by atoms with E-state index in [0.29, 0.717) is 6.54 Å². The van der Waals surface area contributed by atoms with Crippen LogP contribution >= 0.6 is 0 Å². The standard InChI is InChI=1S/C16H19N5O2/c22-16(11-21-9-6-17-12-21)4-7-20(8-5-16)10-13-2-1-3-14-15(13)19-23-18-14/h1-3,6,9,12,22H,4-5,7-8,10-11H2. The van der Waals surface area contributed by atoms with Gasteiger partial charge in [0.1, 0.15) is 11.0 Å². The zero-order chi connectivity index (χ0) is 15.7. The number of benzene rings is 1. The first-order valence-electron chi connectivity index (χ1n) is 7.83. The molecule has 0 radical (unpaired) electrons. The zero-order valence-corrected chi connectivity index (χ0v) is 12.8. The van der Waals surface area contributed by atoms with Gasteiger partial charge < -0.3 is 9.67 Å². The van der Waals surface area contributed by atoms with E-state index < -0.39 is 5.60 Å². The molecule has 0 aliphatic carbocycles. The number of hydrogen-bond donors (Lipinski definition) is 1. The number of aromatic nitrogens is 4. The molecule has 0 bridgehead atoms. The summed E-state index contributed by atoms with van der Waals surface area (Å²) < 4.78 is 6.76. The predicted octanol–water partition coefficient (Wildman–Crippen LogP) is 1.45. The Hall–Kier alpha value is -2.25. The highest BCUT2D eigenvalue weighted by atomic mass is 16.6. The number of likely N-dealkylation sites (tertiary alicyclic amines) is 1. The van der Waals surface area contributed by atoms with Gasteiger partial charge in [-0.1, -0.05) is 12.1 Å². The lowest BCUT2D eigenvalue weighted by atomic mass is 9.91. The average Bonchev–Trinajstić information content (AvgIpc) is 3.21. The molecule has 7 nitrogen and oxygen atoms in total. The maximum atomic E-state index is 10.8. The second kappa shape index (κ2) is 5.75. The molecule has 3 aromatic rings. The predicted molar refractivity (Wildman–Crippen MR) is 83.5 cm³/mol. The molecule has 0 spiro atoms. The Morgan fingerprint density at radius 2 is 2.09 bits per heavy atom. The van der Waals surface area contributed by atoms with E-state index in [1.165, 1.54) is 0 Å². The van der Waals surface area contributed by atoms with Gasteiger partial charge in [0, 0.05) is 32.0 Å². The topological polar surface area (TPSA) is 80.2 Å². The summed E-state index contributed by atoms with van der Waals surface area (Å²) in [5, 5.41) is 18.6. The van der Waals surface area contributed by atoms with Crippen LogP contribution in [0.4, 0.5) is 0 Å². The van der Waals surface area contributed by atoms with Crippen LogP contribution in [0.3, 0.4) is 0 Å². The molecule has 4 rings (SSSR count). The molecule has 23 heavy (non-hydrogen) atoms. The molecule has 120 valence electrons. The summed E-state index contributed by atoms with van der Waals surface area (Å²) in [5.41, 5.74) is 2.07. The molecular weight excluding hydrogens is 294 g/mol. The number of rotatable bonds is 4. The van der Waals surface area contributed by atoms with Crippen LogP contribution in [0, 0.1) is 0 Å². The van der Waals surface area contributed by atoms with Gasteiger partial charge in [0.15, 0.2) is 0 Å². The third-order valence-corrected chi connectivity index (χ3v) is 4.59. The molecule has 2 aromatic heterocycles. The summed E-state index contributed by atoms with van der Waals surface area (Å²) in [7, 11) is 0. The first-order chi connectivity index (χ1) is 11.2. The second-order valence-electron chi connectivity index (χ2n) is 6.28. The van der Waals surface area contributed by atoms with Crippen molar-refractivity contribution in [2.45, 2.75) is 31.5 Å². The van der Waals surface area contributed by atoms with Crippen molar-refractivity contribution in [3.63, 3.8) is 0 Å². The maximum absolute atomic E-state index is 10.8. The Kier molecular flexibility index (Phi) is 3.59. The minimum Gasteiger partial charge on any atom is -0.388 e. The summed E-state index contributed by atoms with van der Waals surface area (Å²) in [6, 6.07) is 5.93. The van der Waals surface area contributed by atoms with E-state index >= 15 is 0 Å². The average molecular weight is 313 g/mol. The lowest BCUT2D eigenvalue weighted by Gasteiger charge is -2.38. The molecule has 1 aliphatic heterocycles. The molecule has 1 N–H and O–H groups in total. The van der Waals surface area contributed by atoms with Gasteiger partial charge >= 0.3 is 0 Å². The Labute approximate surface area is 133 Å².